The van der Waals surface area contributed by atoms with E-state index in [-0.39, 0.29) is 16.5 Å². The lowest BCUT2D eigenvalue weighted by molar-refractivity contribution is -0.384. The van der Waals surface area contributed by atoms with Gasteiger partial charge in [-0.3, -0.25) is 14.9 Å². The second-order valence-corrected chi connectivity index (χ2v) is 7.73. The molecule has 1 aromatic carbocycles. The Kier molecular flexibility index (Phi) is 5.56. The fraction of sp³-hybridized carbons (Fsp3) is 0.421. The maximum Gasteiger partial charge on any atom is 0.293 e. The number of thiophene rings is 1. The van der Waals surface area contributed by atoms with Gasteiger partial charge in [-0.05, 0) is 53.3 Å². The topological polar surface area (TPSA) is 66.7 Å². The zero-order valence-corrected chi connectivity index (χ0v) is 15.9. The molecule has 3 rings (SSSR count). The van der Waals surface area contributed by atoms with Crippen LogP contribution in [0.15, 0.2) is 35.0 Å². The van der Waals surface area contributed by atoms with E-state index < -0.39 is 0 Å². The maximum atomic E-state index is 12.7. The first kappa shape index (κ1) is 18.4. The minimum Gasteiger partial charge on any atom is -0.366 e. The number of amides is 1. The Hall–Kier alpha value is -2.41. The summed E-state index contributed by atoms with van der Waals surface area (Å²) in [5, 5.41) is 15.6. The van der Waals surface area contributed by atoms with Gasteiger partial charge in [0.15, 0.2) is 0 Å². The largest absolute Gasteiger partial charge is 0.366 e. The van der Waals surface area contributed by atoms with Crippen LogP contribution in [0, 0.1) is 16.0 Å². The molecule has 6 nitrogen and oxygen atoms in total. The van der Waals surface area contributed by atoms with Crippen LogP contribution in [0.5, 0.6) is 0 Å². The summed E-state index contributed by atoms with van der Waals surface area (Å²) in [4.78, 5) is 27.5. The number of hydrogen-bond acceptors (Lipinski definition) is 5. The Morgan fingerprint density at radius 3 is 2.88 bits per heavy atom. The van der Waals surface area contributed by atoms with E-state index in [9.17, 15) is 14.9 Å². The van der Waals surface area contributed by atoms with Gasteiger partial charge in [0.2, 0.25) is 0 Å². The zero-order chi connectivity index (χ0) is 18.7. The van der Waals surface area contributed by atoms with Crippen molar-refractivity contribution >= 4 is 28.6 Å². The Morgan fingerprint density at radius 2 is 2.23 bits per heavy atom. The summed E-state index contributed by atoms with van der Waals surface area (Å²) >= 11 is 1.58. The minimum absolute atomic E-state index is 0.00823. The second-order valence-electron chi connectivity index (χ2n) is 6.95. The third-order valence-corrected chi connectivity index (χ3v) is 5.50. The highest BCUT2D eigenvalue weighted by Gasteiger charge is 2.25. The number of benzene rings is 1. The summed E-state index contributed by atoms with van der Waals surface area (Å²) in [6, 6.07) is 6.81. The van der Waals surface area contributed by atoms with Crippen LogP contribution in [-0.4, -0.2) is 35.9 Å². The molecule has 0 radical (unpaired) electrons. The van der Waals surface area contributed by atoms with Gasteiger partial charge in [-0.1, -0.05) is 6.92 Å². The van der Waals surface area contributed by atoms with Crippen molar-refractivity contribution in [1.29, 1.82) is 0 Å². The molecule has 1 amide bonds. The summed E-state index contributed by atoms with van der Waals surface area (Å²) in [7, 11) is 1.71. The third kappa shape index (κ3) is 4.04. The van der Waals surface area contributed by atoms with E-state index in [0.29, 0.717) is 23.7 Å². The van der Waals surface area contributed by atoms with E-state index in [1.54, 1.807) is 35.4 Å². The number of piperidine rings is 1. The molecule has 0 spiro atoms. The Morgan fingerprint density at radius 1 is 1.42 bits per heavy atom. The van der Waals surface area contributed by atoms with E-state index >= 15 is 0 Å². The smallest absolute Gasteiger partial charge is 0.293 e. The van der Waals surface area contributed by atoms with Gasteiger partial charge >= 0.3 is 0 Å². The van der Waals surface area contributed by atoms with Gasteiger partial charge in [0.25, 0.3) is 11.6 Å². The molecule has 2 heterocycles. The normalized spacial score (nSPS) is 17.2. The number of hydrogen-bond donors (Lipinski definition) is 0. The van der Waals surface area contributed by atoms with Crippen LogP contribution < -0.4 is 4.90 Å². The number of nitro benzene ring substituents is 1. The molecule has 138 valence electrons. The van der Waals surface area contributed by atoms with Crippen molar-refractivity contribution in [2.75, 3.05) is 25.0 Å². The van der Waals surface area contributed by atoms with Gasteiger partial charge in [0, 0.05) is 38.3 Å². The Bertz CT molecular complexity index is 791. The quantitative estimate of drug-likeness (QED) is 0.583. The number of nitrogens with zero attached hydrogens (tertiary/aromatic N) is 3. The van der Waals surface area contributed by atoms with Crippen molar-refractivity contribution in [2.24, 2.45) is 5.92 Å². The molecule has 1 aromatic heterocycles. The first-order chi connectivity index (χ1) is 12.5. The first-order valence-corrected chi connectivity index (χ1v) is 9.70. The van der Waals surface area contributed by atoms with E-state index in [0.717, 1.165) is 31.5 Å². The van der Waals surface area contributed by atoms with Crippen molar-refractivity contribution in [1.82, 2.24) is 4.90 Å². The molecule has 0 bridgehead atoms. The van der Waals surface area contributed by atoms with Gasteiger partial charge in [0.1, 0.15) is 5.69 Å². The van der Waals surface area contributed by atoms with E-state index in [1.807, 2.05) is 16.8 Å². The highest BCUT2D eigenvalue weighted by molar-refractivity contribution is 7.07. The van der Waals surface area contributed by atoms with E-state index in [2.05, 4.69) is 11.8 Å². The lowest BCUT2D eigenvalue weighted by atomic mass is 9.99. The minimum atomic E-state index is -0.385. The number of carbonyl (C=O) groups is 1. The monoisotopic (exact) mass is 373 g/mol. The zero-order valence-electron chi connectivity index (χ0n) is 15.1. The van der Waals surface area contributed by atoms with Crippen molar-refractivity contribution in [3.63, 3.8) is 0 Å². The Balaban J connectivity index is 1.83. The van der Waals surface area contributed by atoms with Gasteiger partial charge in [-0.2, -0.15) is 11.3 Å². The summed E-state index contributed by atoms with van der Waals surface area (Å²) in [6.07, 6.45) is 2.18. The summed E-state index contributed by atoms with van der Waals surface area (Å²) in [5.74, 6) is 0.305. The van der Waals surface area contributed by atoms with Crippen LogP contribution in [0.4, 0.5) is 11.4 Å². The van der Waals surface area contributed by atoms with Crippen LogP contribution >= 0.6 is 11.3 Å². The van der Waals surface area contributed by atoms with Crippen molar-refractivity contribution in [2.45, 2.75) is 26.3 Å². The lowest BCUT2D eigenvalue weighted by Gasteiger charge is -2.32. The van der Waals surface area contributed by atoms with Crippen molar-refractivity contribution in [3.05, 3.63) is 56.3 Å². The standard InChI is InChI=1S/C19H23N3O3S/c1-14-4-3-8-21(11-14)17-6-5-16(10-18(17)22(24)25)19(23)20(2)12-15-7-9-26-13-15/h5-7,9-10,13-14H,3-4,8,11-12H2,1-2H3/t14-/m1/s1. The average Bonchev–Trinajstić information content (AvgIpc) is 3.13. The highest BCUT2D eigenvalue weighted by atomic mass is 32.1. The average molecular weight is 373 g/mol. The molecular weight excluding hydrogens is 350 g/mol. The first-order valence-electron chi connectivity index (χ1n) is 8.75. The van der Waals surface area contributed by atoms with Gasteiger partial charge in [0.05, 0.1) is 4.92 Å². The molecule has 7 heteroatoms. The fourth-order valence-corrected chi connectivity index (χ4v) is 4.09. The molecule has 1 atom stereocenters. The van der Waals surface area contributed by atoms with Crippen molar-refractivity contribution < 1.29 is 9.72 Å². The molecule has 1 aliphatic heterocycles. The highest BCUT2D eigenvalue weighted by Crippen LogP contribution is 2.32. The van der Waals surface area contributed by atoms with Crippen LogP contribution in [-0.2, 0) is 6.54 Å². The van der Waals surface area contributed by atoms with E-state index in [4.69, 9.17) is 0 Å². The summed E-state index contributed by atoms with van der Waals surface area (Å²) in [5.41, 5.74) is 2.02. The second kappa shape index (κ2) is 7.86. The lowest BCUT2D eigenvalue weighted by Crippen LogP contribution is -2.34. The molecule has 1 saturated heterocycles. The molecule has 26 heavy (non-hydrogen) atoms. The maximum absolute atomic E-state index is 12.7. The number of carbonyl (C=O) groups excluding carboxylic acids is 1. The number of nitro groups is 1. The predicted molar refractivity (Wildman–Crippen MR) is 104 cm³/mol. The summed E-state index contributed by atoms with van der Waals surface area (Å²) < 4.78 is 0. The fourth-order valence-electron chi connectivity index (χ4n) is 3.43. The number of rotatable bonds is 5. The molecule has 0 aliphatic carbocycles. The van der Waals surface area contributed by atoms with Gasteiger partial charge in [-0.15, -0.1) is 0 Å². The molecule has 1 fully saturated rings. The molecular formula is C19H23N3O3S. The van der Waals surface area contributed by atoms with Gasteiger partial charge < -0.3 is 9.80 Å². The molecule has 2 aromatic rings. The van der Waals surface area contributed by atoms with Crippen LogP contribution in [0.3, 0.4) is 0 Å². The van der Waals surface area contributed by atoms with Crippen LogP contribution in [0.25, 0.3) is 0 Å². The number of anilines is 1. The summed E-state index contributed by atoms with van der Waals surface area (Å²) in [6.45, 7) is 4.28. The predicted octanol–water partition coefficient (Wildman–Crippen LogP) is 4.16. The van der Waals surface area contributed by atoms with Crippen LogP contribution in [0.2, 0.25) is 0 Å². The molecule has 0 saturated carbocycles. The molecule has 1 aliphatic rings. The molecule has 0 N–H and O–H groups in total. The van der Waals surface area contributed by atoms with E-state index in [1.165, 1.54) is 6.07 Å². The van der Waals surface area contributed by atoms with Gasteiger partial charge in [-0.25, -0.2) is 0 Å². The van der Waals surface area contributed by atoms with Crippen LogP contribution in [0.1, 0.15) is 35.7 Å². The third-order valence-electron chi connectivity index (χ3n) is 4.76. The molecule has 0 unspecified atom stereocenters. The SMILES string of the molecule is C[C@@H]1CCCN(c2ccc(C(=O)N(C)Cc3ccsc3)cc2[N+](=O)[O-])C1. The van der Waals surface area contributed by atoms with Crippen molar-refractivity contribution in [3.8, 4) is 0 Å². The Labute approximate surface area is 157 Å².